The van der Waals surface area contributed by atoms with Gasteiger partial charge in [0.25, 0.3) is 0 Å². The summed E-state index contributed by atoms with van der Waals surface area (Å²) in [5, 5.41) is 8.53. The van der Waals surface area contributed by atoms with Crippen LogP contribution in [0.1, 0.15) is 12.8 Å². The smallest absolute Gasteiger partial charge is 0.870 e. The third-order valence-corrected chi connectivity index (χ3v) is 1.68. The molecule has 0 heterocycles. The van der Waals surface area contributed by atoms with Crippen molar-refractivity contribution in [2.75, 3.05) is 13.2 Å². The Balaban J connectivity index is 0. The quantitative estimate of drug-likeness (QED) is 0.558. The van der Waals surface area contributed by atoms with E-state index in [1.165, 1.54) is 0 Å². The van der Waals surface area contributed by atoms with E-state index < -0.39 is 0 Å². The van der Waals surface area contributed by atoms with Crippen LogP contribution in [-0.2, 0) is 0 Å². The Hall–Kier alpha value is -1.04. The minimum atomic E-state index is 0. The molecule has 0 spiro atoms. The number of aliphatic hydroxyl groups excluding tert-OH is 1. The van der Waals surface area contributed by atoms with Gasteiger partial charge in [0.1, 0.15) is 0 Å². The third kappa shape index (κ3) is 6.96. The van der Waals surface area contributed by atoms with Crippen LogP contribution in [0.5, 0.6) is 5.75 Å². The van der Waals surface area contributed by atoms with Crippen molar-refractivity contribution in [3.8, 4) is 5.75 Å². The Morgan fingerprint density at radius 2 is 1.93 bits per heavy atom. The number of benzene rings is 1. The van der Waals surface area contributed by atoms with E-state index in [9.17, 15) is 0 Å². The number of rotatable bonds is 5. The van der Waals surface area contributed by atoms with Gasteiger partial charge in [0, 0.05) is 0 Å². The van der Waals surface area contributed by atoms with Crippen LogP contribution >= 0.6 is 0 Å². The van der Waals surface area contributed by atoms with Gasteiger partial charge in [0.15, 0.2) is 0 Å². The Morgan fingerprint density at radius 1 is 1.20 bits per heavy atom. The predicted molar refractivity (Wildman–Crippen MR) is 57.5 cm³/mol. The predicted octanol–water partition coefficient (Wildman–Crippen LogP) is 0.278. The molecule has 15 heavy (non-hydrogen) atoms. The minimum Gasteiger partial charge on any atom is -0.870 e. The topological polar surface area (TPSA) is 89.5 Å². The van der Waals surface area contributed by atoms with Crippen molar-refractivity contribution in [1.82, 2.24) is 0 Å². The zero-order chi connectivity index (χ0) is 9.52. The summed E-state index contributed by atoms with van der Waals surface area (Å²) in [4.78, 5) is 0. The average molecular weight is 210 g/mol. The Bertz CT molecular complexity index is 255. The van der Waals surface area contributed by atoms with Gasteiger partial charge in [0.2, 0.25) is 0 Å². The number of unbranched alkanes of at least 4 members (excludes halogenated alkanes) is 1. The molecule has 0 fully saturated rings. The van der Waals surface area contributed by atoms with Gasteiger partial charge in [-0.1, -0.05) is 0 Å². The van der Waals surface area contributed by atoms with Crippen molar-refractivity contribution < 1.29 is 20.8 Å². The van der Waals surface area contributed by atoms with Gasteiger partial charge in [-0.3, -0.25) is 0 Å². The summed E-state index contributed by atoms with van der Waals surface area (Å²) in [6.45, 7) is 0.851. The van der Waals surface area contributed by atoms with E-state index in [-0.39, 0.29) is 17.6 Å². The first-order valence-electron chi connectivity index (χ1n) is 4.42. The molecular formula is C10H15BO4. The normalized spacial score (nSPS) is 8.73. The maximum Gasteiger partial charge on any atom is -0.870 e. The van der Waals surface area contributed by atoms with Crippen LogP contribution in [0, 0.1) is 0 Å². The summed E-state index contributed by atoms with van der Waals surface area (Å²) in [7, 11) is 5.57. The van der Waals surface area contributed by atoms with E-state index in [1.54, 1.807) is 6.07 Å². The zero-order valence-corrected chi connectivity index (χ0v) is 8.47. The second-order valence-corrected chi connectivity index (χ2v) is 2.85. The molecule has 0 saturated carbocycles. The van der Waals surface area contributed by atoms with E-state index in [1.807, 2.05) is 18.2 Å². The summed E-state index contributed by atoms with van der Waals surface area (Å²) in [6, 6.07) is 7.34. The van der Waals surface area contributed by atoms with Gasteiger partial charge in [-0.2, -0.15) is 0 Å². The number of ether oxygens (including phenoxy) is 1. The summed E-state index contributed by atoms with van der Waals surface area (Å²) < 4.78 is 5.40. The van der Waals surface area contributed by atoms with Crippen molar-refractivity contribution in [2.45, 2.75) is 12.8 Å². The Morgan fingerprint density at radius 3 is 2.53 bits per heavy atom. The molecule has 0 aliphatic rings. The van der Waals surface area contributed by atoms with E-state index in [4.69, 9.17) is 17.7 Å². The molecule has 1 rings (SSSR count). The molecule has 0 aliphatic carbocycles. The van der Waals surface area contributed by atoms with Crippen molar-refractivity contribution in [1.29, 1.82) is 0 Å². The fourth-order valence-electron chi connectivity index (χ4n) is 1.01. The average Bonchev–Trinajstić information content (AvgIpc) is 2.13. The second kappa shape index (κ2) is 9.52. The molecule has 1 aromatic carbocycles. The zero-order valence-electron chi connectivity index (χ0n) is 8.47. The van der Waals surface area contributed by atoms with Crippen molar-refractivity contribution in [3.05, 3.63) is 24.3 Å². The molecule has 0 aliphatic heterocycles. The molecule has 0 unspecified atom stereocenters. The van der Waals surface area contributed by atoms with Crippen LogP contribution in [0.3, 0.4) is 0 Å². The molecule has 0 bridgehead atoms. The van der Waals surface area contributed by atoms with Gasteiger partial charge in [-0.25, -0.2) is 0 Å². The van der Waals surface area contributed by atoms with Gasteiger partial charge in [0.05, 0.1) is 0 Å². The summed E-state index contributed by atoms with van der Waals surface area (Å²) in [5.41, 5.74) is 0.708. The molecule has 5 heteroatoms. The van der Waals surface area contributed by atoms with E-state index in [0.29, 0.717) is 12.1 Å². The van der Waals surface area contributed by atoms with Crippen molar-refractivity contribution >= 4 is 13.3 Å². The van der Waals surface area contributed by atoms with Crippen LogP contribution in [0.15, 0.2) is 24.3 Å². The monoisotopic (exact) mass is 210 g/mol. The third-order valence-electron chi connectivity index (χ3n) is 1.68. The fourth-order valence-corrected chi connectivity index (χ4v) is 1.01. The largest absolute Gasteiger partial charge is 0.870 e. The summed E-state index contributed by atoms with van der Waals surface area (Å²) >= 11 is 0. The number of hydrogen-bond donors (Lipinski definition) is 1. The number of aliphatic hydroxyl groups is 1. The first kappa shape index (κ1) is 16.4. The summed E-state index contributed by atoms with van der Waals surface area (Å²) in [5.74, 6) is 0.790. The maximum atomic E-state index is 8.53. The van der Waals surface area contributed by atoms with Crippen LogP contribution in [0.25, 0.3) is 0 Å². The first-order valence-corrected chi connectivity index (χ1v) is 4.42. The standard InChI is InChI=1S/C10H13BO2.2H2O/c11-9-4-3-5-10(8-9)13-7-2-1-6-12;;/h3-5,8,12H,1-2,6-7H2;2*1H2/q+2;;/p-2. The maximum absolute atomic E-state index is 8.53. The van der Waals surface area contributed by atoms with Crippen LogP contribution < -0.4 is 10.2 Å². The van der Waals surface area contributed by atoms with Crippen LogP contribution in [0.2, 0.25) is 0 Å². The number of hydrogen-bond acceptors (Lipinski definition) is 4. The minimum absolute atomic E-state index is 0. The SMILES string of the molecule is [B+2]c1cccc(OCCCCO)c1.[OH-].[OH-]. The molecule has 0 aromatic heterocycles. The molecular weight excluding hydrogens is 195 g/mol. The molecule has 4 nitrogen and oxygen atoms in total. The van der Waals surface area contributed by atoms with Gasteiger partial charge < -0.3 is 11.0 Å². The van der Waals surface area contributed by atoms with Crippen molar-refractivity contribution in [2.24, 2.45) is 0 Å². The Kier molecular flexibility index (Phi) is 10.4. The van der Waals surface area contributed by atoms with Gasteiger partial charge >= 0.3 is 79.2 Å². The summed E-state index contributed by atoms with van der Waals surface area (Å²) in [6.07, 6.45) is 1.65. The molecule has 1 aromatic rings. The fraction of sp³-hybridized carbons (Fsp3) is 0.400. The Labute approximate surface area is 90.9 Å². The molecule has 0 saturated heterocycles. The molecule has 0 atom stereocenters. The molecule has 3 N–H and O–H groups in total. The second-order valence-electron chi connectivity index (χ2n) is 2.85. The van der Waals surface area contributed by atoms with Gasteiger partial charge in [-0.05, 0) is 0 Å². The van der Waals surface area contributed by atoms with E-state index in [2.05, 4.69) is 0 Å². The molecule has 0 radical (unpaired) electrons. The van der Waals surface area contributed by atoms with E-state index >= 15 is 0 Å². The van der Waals surface area contributed by atoms with Crippen molar-refractivity contribution in [3.63, 3.8) is 0 Å². The van der Waals surface area contributed by atoms with Gasteiger partial charge in [-0.15, -0.1) is 0 Å². The molecule has 0 amide bonds. The van der Waals surface area contributed by atoms with Crippen LogP contribution in [0.4, 0.5) is 0 Å². The molecule has 82 valence electrons. The first-order chi connectivity index (χ1) is 6.33. The van der Waals surface area contributed by atoms with E-state index in [0.717, 1.165) is 18.6 Å². The van der Waals surface area contributed by atoms with Crippen LogP contribution in [-0.4, -0.2) is 37.1 Å².